The summed E-state index contributed by atoms with van der Waals surface area (Å²) >= 11 is 0. The van der Waals surface area contributed by atoms with Crippen molar-refractivity contribution in [3.8, 4) is 0 Å². The van der Waals surface area contributed by atoms with Gasteiger partial charge in [0, 0.05) is 0 Å². The summed E-state index contributed by atoms with van der Waals surface area (Å²) in [5.74, 6) is 0. The molecule has 0 saturated heterocycles. The average molecular weight is 133 g/mol. The van der Waals surface area contributed by atoms with E-state index in [1.54, 1.807) is 20.8 Å². The Morgan fingerprint density at radius 2 is 2.00 bits per heavy atom. The number of hydrazine groups is 1. The van der Waals surface area contributed by atoms with Crippen molar-refractivity contribution in [2.45, 2.75) is 26.3 Å². The molecule has 0 aliphatic carbocycles. The third-order valence-electron chi connectivity index (χ3n) is 0.512. The van der Waals surface area contributed by atoms with E-state index in [2.05, 4.69) is 10.7 Å². The molecule has 0 spiro atoms. The Kier molecular flexibility index (Phi) is 2.24. The van der Waals surface area contributed by atoms with Gasteiger partial charge in [-0.15, -0.1) is 0 Å². The number of hydrogen-bond donors (Lipinski definition) is 2. The fourth-order valence-electron chi connectivity index (χ4n) is 0.309. The molecule has 9 heavy (non-hydrogen) atoms. The summed E-state index contributed by atoms with van der Waals surface area (Å²) in [4.78, 5) is 0.0139. The van der Waals surface area contributed by atoms with Crippen LogP contribution in [0, 0.1) is 5.21 Å². The van der Waals surface area contributed by atoms with Gasteiger partial charge in [-0.2, -0.15) is 5.43 Å². The Balaban J connectivity index is 3.75. The van der Waals surface area contributed by atoms with Crippen molar-refractivity contribution in [2.75, 3.05) is 0 Å². The first-order valence-electron chi connectivity index (χ1n) is 2.56. The van der Waals surface area contributed by atoms with Crippen LogP contribution in [0.25, 0.3) is 0 Å². The molecule has 0 unspecified atom stereocenters. The molecular weight excluding hydrogens is 122 g/mol. The molecule has 0 fully saturated rings. The molecule has 0 radical (unpaired) electrons. The topological polar surface area (TPSA) is 70.7 Å². The van der Waals surface area contributed by atoms with E-state index in [4.69, 9.17) is 5.21 Å². The lowest BCUT2D eigenvalue weighted by Gasteiger charge is -2.15. The first kappa shape index (κ1) is 8.00. The molecule has 0 atom stereocenters. The minimum absolute atomic E-state index is 0.0139. The Bertz CT molecular complexity index is 115. The summed E-state index contributed by atoms with van der Waals surface area (Å²) in [7, 11) is 0. The summed E-state index contributed by atoms with van der Waals surface area (Å²) in [6, 6.07) is 0. The van der Waals surface area contributed by atoms with Crippen LogP contribution in [0.5, 0.6) is 0 Å². The second kappa shape index (κ2) is 2.52. The van der Waals surface area contributed by atoms with E-state index in [1.807, 2.05) is 0 Å². The second-order valence-electron chi connectivity index (χ2n) is 2.72. The van der Waals surface area contributed by atoms with E-state index in [1.165, 1.54) is 0 Å². The van der Waals surface area contributed by atoms with Gasteiger partial charge in [0.1, 0.15) is 0 Å². The fraction of sp³-hybridized carbons (Fsp3) is 1.00. The zero-order valence-electron chi connectivity index (χ0n) is 5.75. The maximum absolute atomic E-state index is 10.2. The van der Waals surface area contributed by atoms with Gasteiger partial charge in [0.2, 0.25) is 5.28 Å². The normalized spacial score (nSPS) is 13.4. The molecule has 5 heteroatoms. The van der Waals surface area contributed by atoms with Crippen LogP contribution < -0.4 is 5.43 Å². The van der Waals surface area contributed by atoms with Gasteiger partial charge in [0.25, 0.3) is 0 Å². The highest BCUT2D eigenvalue weighted by molar-refractivity contribution is 4.62. The van der Waals surface area contributed by atoms with Crippen LogP contribution in [0.15, 0.2) is 5.28 Å². The predicted molar refractivity (Wildman–Crippen MR) is 30.7 cm³/mol. The smallest absolute Gasteiger partial charge is 0.230 e. The van der Waals surface area contributed by atoms with Crippen LogP contribution in [-0.2, 0) is 0 Å². The standard InChI is InChI=1S/C4H11N3O2/c1-4(2,3)5-7(9)6-8/h8H,1-3H3,(H,5,6). The van der Waals surface area contributed by atoms with Gasteiger partial charge in [-0.3, -0.25) is 0 Å². The van der Waals surface area contributed by atoms with Crippen molar-refractivity contribution < 1.29 is 10.2 Å². The fourth-order valence-corrected chi connectivity index (χ4v) is 0.309. The molecule has 0 heterocycles. The summed E-state index contributed by atoms with van der Waals surface area (Å²) in [6.07, 6.45) is 0. The number of rotatable bonds is 1. The highest BCUT2D eigenvalue weighted by Crippen LogP contribution is 1.96. The van der Waals surface area contributed by atoms with E-state index >= 15 is 0 Å². The van der Waals surface area contributed by atoms with Gasteiger partial charge in [-0.1, -0.05) is 0 Å². The summed E-state index contributed by atoms with van der Waals surface area (Å²) < 4.78 is 0. The quantitative estimate of drug-likeness (QED) is 0.313. The number of hydrogen-bond acceptors (Lipinski definition) is 2. The Morgan fingerprint density at radius 1 is 1.56 bits per heavy atom. The SMILES string of the molecule is CC(C)(C)N/[N+]([O-])=N/O. The van der Waals surface area contributed by atoms with Gasteiger partial charge < -0.3 is 10.4 Å². The largest absolute Gasteiger partial charge is 0.569 e. The maximum Gasteiger partial charge on any atom is 0.230 e. The molecule has 0 aromatic heterocycles. The molecule has 0 aromatic carbocycles. The van der Waals surface area contributed by atoms with Crippen LogP contribution in [0.3, 0.4) is 0 Å². The molecule has 0 aliphatic rings. The minimum Gasteiger partial charge on any atom is -0.569 e. The minimum atomic E-state index is -0.367. The van der Waals surface area contributed by atoms with Crippen LogP contribution in [0.1, 0.15) is 20.8 Å². The lowest BCUT2D eigenvalue weighted by Crippen LogP contribution is -2.40. The predicted octanol–water partition coefficient (Wildman–Crippen LogP) is 0.641. The molecule has 0 bridgehead atoms. The van der Waals surface area contributed by atoms with Crippen molar-refractivity contribution in [3.63, 3.8) is 0 Å². The first-order chi connectivity index (χ1) is 3.95. The molecule has 0 saturated carbocycles. The third kappa shape index (κ3) is 4.86. The van der Waals surface area contributed by atoms with Crippen molar-refractivity contribution >= 4 is 0 Å². The molecule has 0 rings (SSSR count). The Labute approximate surface area is 53.5 Å². The molecule has 54 valence electrons. The van der Waals surface area contributed by atoms with Crippen molar-refractivity contribution in [3.05, 3.63) is 5.21 Å². The molecule has 2 N–H and O–H groups in total. The monoisotopic (exact) mass is 133 g/mol. The molecule has 5 nitrogen and oxygen atoms in total. The van der Waals surface area contributed by atoms with Crippen molar-refractivity contribution in [2.24, 2.45) is 5.28 Å². The molecular formula is C4H11N3O2. The van der Waals surface area contributed by atoms with Crippen LogP contribution >= 0.6 is 0 Å². The summed E-state index contributed by atoms with van der Waals surface area (Å²) in [6.45, 7) is 5.34. The third-order valence-corrected chi connectivity index (χ3v) is 0.512. The van der Waals surface area contributed by atoms with E-state index in [-0.39, 0.29) is 10.5 Å². The number of nitrogens with one attached hydrogen (secondary N) is 1. The van der Waals surface area contributed by atoms with Crippen LogP contribution in [0.4, 0.5) is 0 Å². The second-order valence-corrected chi connectivity index (χ2v) is 2.72. The zero-order chi connectivity index (χ0) is 7.49. The Hall–Kier alpha value is -1.00. The van der Waals surface area contributed by atoms with Gasteiger partial charge in [-0.25, -0.2) is 0 Å². The van der Waals surface area contributed by atoms with E-state index in [0.29, 0.717) is 0 Å². The highest BCUT2D eigenvalue weighted by atomic mass is 16.6. The highest BCUT2D eigenvalue weighted by Gasteiger charge is 2.13. The van der Waals surface area contributed by atoms with E-state index < -0.39 is 0 Å². The molecule has 0 aromatic rings. The maximum atomic E-state index is 10.2. The summed E-state index contributed by atoms with van der Waals surface area (Å²) in [5, 5.41) is 20.4. The van der Waals surface area contributed by atoms with Crippen molar-refractivity contribution in [1.82, 2.24) is 5.43 Å². The number of nitrogens with zero attached hydrogens (tertiary/aromatic N) is 2. The first-order valence-corrected chi connectivity index (χ1v) is 2.56. The average Bonchev–Trinajstić information content (AvgIpc) is 1.62. The van der Waals surface area contributed by atoms with E-state index in [0.717, 1.165) is 0 Å². The van der Waals surface area contributed by atoms with Crippen LogP contribution in [-0.4, -0.2) is 15.7 Å². The Morgan fingerprint density at radius 3 is 2.11 bits per heavy atom. The zero-order valence-corrected chi connectivity index (χ0v) is 5.75. The van der Waals surface area contributed by atoms with Crippen LogP contribution in [0.2, 0.25) is 0 Å². The van der Waals surface area contributed by atoms with E-state index in [9.17, 15) is 5.21 Å². The lowest BCUT2D eigenvalue weighted by atomic mass is 10.1. The van der Waals surface area contributed by atoms with Gasteiger partial charge in [-0.05, 0) is 20.8 Å². The molecule has 0 amide bonds. The van der Waals surface area contributed by atoms with Gasteiger partial charge in [0.15, 0.2) is 0 Å². The molecule has 0 aliphatic heterocycles. The van der Waals surface area contributed by atoms with Gasteiger partial charge >= 0.3 is 0 Å². The lowest BCUT2D eigenvalue weighted by molar-refractivity contribution is -0.622. The van der Waals surface area contributed by atoms with Crippen molar-refractivity contribution in [1.29, 1.82) is 0 Å². The van der Waals surface area contributed by atoms with Gasteiger partial charge in [0.05, 0.1) is 10.5 Å². The summed E-state index contributed by atoms with van der Waals surface area (Å²) in [5.41, 5.74) is 1.96.